The van der Waals surface area contributed by atoms with E-state index in [1.165, 1.54) is 6.20 Å². The van der Waals surface area contributed by atoms with E-state index in [-0.39, 0.29) is 5.75 Å². The lowest BCUT2D eigenvalue weighted by atomic mass is 9.85. The number of hydrogen-bond donors (Lipinski definition) is 2. The molecule has 1 heterocycles. The summed E-state index contributed by atoms with van der Waals surface area (Å²) in [6.45, 7) is 10.8. The second kappa shape index (κ2) is 6.60. The number of nitrogens with one attached hydrogen (secondary N) is 1. The van der Waals surface area contributed by atoms with Crippen molar-refractivity contribution in [2.24, 2.45) is 17.8 Å². The molecule has 2 N–H and O–H groups in total. The van der Waals surface area contributed by atoms with Crippen molar-refractivity contribution >= 4 is 0 Å². The van der Waals surface area contributed by atoms with E-state index >= 15 is 0 Å². The van der Waals surface area contributed by atoms with Gasteiger partial charge in [0, 0.05) is 6.54 Å². The van der Waals surface area contributed by atoms with Crippen LogP contribution >= 0.6 is 0 Å². The first-order valence-corrected chi connectivity index (χ1v) is 6.35. The topological polar surface area (TPSA) is 45.1 Å². The minimum Gasteiger partial charge on any atom is -0.506 e. The maximum Gasteiger partial charge on any atom is 0.133 e. The molecule has 96 valence electrons. The van der Waals surface area contributed by atoms with Gasteiger partial charge in [-0.25, -0.2) is 0 Å². The van der Waals surface area contributed by atoms with Crippen molar-refractivity contribution in [3.63, 3.8) is 0 Å². The Morgan fingerprint density at radius 2 is 1.82 bits per heavy atom. The number of pyridine rings is 1. The molecule has 0 aromatic carbocycles. The van der Waals surface area contributed by atoms with Crippen LogP contribution in [0.5, 0.6) is 5.75 Å². The Morgan fingerprint density at radius 1 is 1.18 bits per heavy atom. The Morgan fingerprint density at radius 3 is 2.29 bits per heavy atom. The SMILES string of the molecule is CC(C)C(CNCc1ccc(O)cn1)C(C)C. The van der Waals surface area contributed by atoms with Gasteiger partial charge in [-0.1, -0.05) is 27.7 Å². The monoisotopic (exact) mass is 236 g/mol. The van der Waals surface area contributed by atoms with E-state index in [1.807, 2.05) is 6.07 Å². The highest BCUT2D eigenvalue weighted by Crippen LogP contribution is 2.19. The number of rotatable bonds is 6. The van der Waals surface area contributed by atoms with Crippen LogP contribution in [0.2, 0.25) is 0 Å². The Kier molecular flexibility index (Phi) is 5.42. The fourth-order valence-electron chi connectivity index (χ4n) is 2.13. The van der Waals surface area contributed by atoms with Gasteiger partial charge in [-0.2, -0.15) is 0 Å². The molecule has 3 heteroatoms. The van der Waals surface area contributed by atoms with Gasteiger partial charge in [0.05, 0.1) is 11.9 Å². The van der Waals surface area contributed by atoms with Gasteiger partial charge in [-0.15, -0.1) is 0 Å². The van der Waals surface area contributed by atoms with Gasteiger partial charge >= 0.3 is 0 Å². The fraction of sp³-hybridized carbons (Fsp3) is 0.643. The van der Waals surface area contributed by atoms with E-state index in [4.69, 9.17) is 5.11 Å². The molecule has 0 atom stereocenters. The van der Waals surface area contributed by atoms with Crippen molar-refractivity contribution in [3.05, 3.63) is 24.0 Å². The highest BCUT2D eigenvalue weighted by molar-refractivity contribution is 5.17. The van der Waals surface area contributed by atoms with Gasteiger partial charge in [0.25, 0.3) is 0 Å². The van der Waals surface area contributed by atoms with Crippen LogP contribution in [0.15, 0.2) is 18.3 Å². The molecule has 0 radical (unpaired) electrons. The van der Waals surface area contributed by atoms with Crippen molar-refractivity contribution in [1.82, 2.24) is 10.3 Å². The Balaban J connectivity index is 2.38. The maximum absolute atomic E-state index is 9.13. The minimum absolute atomic E-state index is 0.219. The first-order chi connectivity index (χ1) is 8.00. The zero-order valence-corrected chi connectivity index (χ0v) is 11.3. The molecule has 0 spiro atoms. The van der Waals surface area contributed by atoms with Gasteiger partial charge in [-0.3, -0.25) is 4.98 Å². The summed E-state index contributed by atoms with van der Waals surface area (Å²) in [5.74, 6) is 2.29. The molecule has 0 aliphatic carbocycles. The molecule has 1 aromatic rings. The van der Waals surface area contributed by atoms with Crippen molar-refractivity contribution in [2.45, 2.75) is 34.2 Å². The Labute approximate surface area is 104 Å². The standard InChI is InChI=1S/C14H24N2O/c1-10(2)14(11(3)4)9-15-7-12-5-6-13(17)8-16-12/h5-6,8,10-11,14-15,17H,7,9H2,1-4H3. The molecule has 0 unspecified atom stereocenters. The van der Waals surface area contributed by atoms with Crippen LogP contribution in [-0.4, -0.2) is 16.6 Å². The Bertz CT molecular complexity index is 311. The summed E-state index contributed by atoms with van der Waals surface area (Å²) in [6.07, 6.45) is 1.49. The third-order valence-electron chi connectivity index (χ3n) is 3.21. The summed E-state index contributed by atoms with van der Waals surface area (Å²) in [5.41, 5.74) is 0.967. The molecule has 0 amide bonds. The average molecular weight is 236 g/mol. The second-order valence-corrected chi connectivity index (χ2v) is 5.29. The fourth-order valence-corrected chi connectivity index (χ4v) is 2.13. The first-order valence-electron chi connectivity index (χ1n) is 6.35. The van der Waals surface area contributed by atoms with E-state index in [9.17, 15) is 0 Å². The number of nitrogens with zero attached hydrogens (tertiary/aromatic N) is 1. The number of aromatic hydroxyl groups is 1. The van der Waals surface area contributed by atoms with Crippen LogP contribution in [0.3, 0.4) is 0 Å². The van der Waals surface area contributed by atoms with Crippen LogP contribution < -0.4 is 5.32 Å². The Hall–Kier alpha value is -1.09. The summed E-state index contributed by atoms with van der Waals surface area (Å²) in [5, 5.41) is 12.6. The van der Waals surface area contributed by atoms with E-state index < -0.39 is 0 Å². The first kappa shape index (κ1) is 14.0. The minimum atomic E-state index is 0.219. The van der Waals surface area contributed by atoms with Crippen LogP contribution in [0, 0.1) is 17.8 Å². The summed E-state index contributed by atoms with van der Waals surface area (Å²) >= 11 is 0. The van der Waals surface area contributed by atoms with Crippen LogP contribution in [0.1, 0.15) is 33.4 Å². The molecular formula is C14H24N2O. The molecule has 0 aliphatic rings. The molecular weight excluding hydrogens is 212 g/mol. The highest BCUT2D eigenvalue weighted by Gasteiger charge is 2.16. The molecule has 0 aliphatic heterocycles. The average Bonchev–Trinajstić information content (AvgIpc) is 2.25. The molecule has 0 saturated heterocycles. The molecule has 0 fully saturated rings. The molecule has 0 bridgehead atoms. The van der Waals surface area contributed by atoms with Crippen molar-refractivity contribution in [1.29, 1.82) is 0 Å². The third-order valence-corrected chi connectivity index (χ3v) is 3.21. The quantitative estimate of drug-likeness (QED) is 0.798. The smallest absolute Gasteiger partial charge is 0.133 e. The van der Waals surface area contributed by atoms with E-state index in [1.54, 1.807) is 6.07 Å². The van der Waals surface area contributed by atoms with Crippen molar-refractivity contribution in [3.8, 4) is 5.75 Å². The summed E-state index contributed by atoms with van der Waals surface area (Å²) < 4.78 is 0. The zero-order chi connectivity index (χ0) is 12.8. The van der Waals surface area contributed by atoms with Crippen LogP contribution in [-0.2, 0) is 6.54 Å². The van der Waals surface area contributed by atoms with Gasteiger partial charge in [0.15, 0.2) is 0 Å². The number of hydrogen-bond acceptors (Lipinski definition) is 3. The van der Waals surface area contributed by atoms with Crippen molar-refractivity contribution < 1.29 is 5.11 Å². The predicted octanol–water partition coefficient (Wildman–Crippen LogP) is 2.81. The van der Waals surface area contributed by atoms with Gasteiger partial charge in [0.2, 0.25) is 0 Å². The van der Waals surface area contributed by atoms with Crippen molar-refractivity contribution in [2.75, 3.05) is 6.54 Å². The summed E-state index contributed by atoms with van der Waals surface area (Å²) in [7, 11) is 0. The maximum atomic E-state index is 9.13. The summed E-state index contributed by atoms with van der Waals surface area (Å²) in [6, 6.07) is 3.52. The number of aromatic nitrogens is 1. The zero-order valence-electron chi connectivity index (χ0n) is 11.3. The largest absolute Gasteiger partial charge is 0.506 e. The predicted molar refractivity (Wildman–Crippen MR) is 70.8 cm³/mol. The van der Waals surface area contributed by atoms with Gasteiger partial charge < -0.3 is 10.4 Å². The molecule has 3 nitrogen and oxygen atoms in total. The molecule has 0 saturated carbocycles. The molecule has 17 heavy (non-hydrogen) atoms. The second-order valence-electron chi connectivity index (χ2n) is 5.29. The molecule has 1 aromatic heterocycles. The highest BCUT2D eigenvalue weighted by atomic mass is 16.3. The molecule has 1 rings (SSSR count). The van der Waals surface area contributed by atoms with E-state index in [0.29, 0.717) is 17.8 Å². The normalized spacial score (nSPS) is 11.7. The van der Waals surface area contributed by atoms with Crippen LogP contribution in [0.4, 0.5) is 0 Å². The third kappa shape index (κ3) is 4.73. The van der Waals surface area contributed by atoms with E-state index in [0.717, 1.165) is 18.8 Å². The summed E-state index contributed by atoms with van der Waals surface area (Å²) in [4.78, 5) is 4.15. The van der Waals surface area contributed by atoms with Gasteiger partial charge in [-0.05, 0) is 36.4 Å². The van der Waals surface area contributed by atoms with Crippen LogP contribution in [0.25, 0.3) is 0 Å². The lowest BCUT2D eigenvalue weighted by molar-refractivity contribution is 0.275. The van der Waals surface area contributed by atoms with E-state index in [2.05, 4.69) is 38.0 Å². The van der Waals surface area contributed by atoms with Gasteiger partial charge in [0.1, 0.15) is 5.75 Å². The lowest BCUT2D eigenvalue weighted by Crippen LogP contribution is -2.29. The lowest BCUT2D eigenvalue weighted by Gasteiger charge is -2.25.